The zero-order valence-electron chi connectivity index (χ0n) is 13.4. The number of hydrogen-bond donors (Lipinski definition) is 1. The Balaban J connectivity index is 2.06. The summed E-state index contributed by atoms with van der Waals surface area (Å²) in [5.41, 5.74) is 7.97. The normalized spacial score (nSPS) is 11.4. The first kappa shape index (κ1) is 16.5. The highest BCUT2D eigenvalue weighted by atomic mass is 16.7. The molecule has 5 heteroatoms. The maximum absolute atomic E-state index is 12.0. The van der Waals surface area contributed by atoms with Gasteiger partial charge in [0.15, 0.2) is 5.84 Å². The van der Waals surface area contributed by atoms with Gasteiger partial charge in [0.25, 0.3) is 0 Å². The first-order chi connectivity index (χ1) is 11.0. The number of rotatable bonds is 5. The summed E-state index contributed by atoms with van der Waals surface area (Å²) in [6.07, 6.45) is 0.0245. The first-order valence-electron chi connectivity index (χ1n) is 7.34. The quantitative estimate of drug-likeness (QED) is 0.398. The van der Waals surface area contributed by atoms with Crippen LogP contribution in [-0.2, 0) is 4.84 Å². The highest BCUT2D eigenvalue weighted by molar-refractivity contribution is 5.98. The van der Waals surface area contributed by atoms with E-state index in [1.807, 2.05) is 45.0 Å². The molecule has 23 heavy (non-hydrogen) atoms. The SMILES string of the molecule is Cc1ccc(/C(N)=N\OC(=O)c2cccc(OC(C)C)c2)cc1. The summed E-state index contributed by atoms with van der Waals surface area (Å²) in [6, 6.07) is 14.2. The van der Waals surface area contributed by atoms with E-state index in [-0.39, 0.29) is 11.9 Å². The molecule has 0 aromatic heterocycles. The lowest BCUT2D eigenvalue weighted by molar-refractivity contribution is 0.0515. The number of amidine groups is 1. The number of carbonyl (C=O) groups excluding carboxylic acids is 1. The molecule has 0 saturated heterocycles. The second kappa shape index (κ2) is 7.45. The van der Waals surface area contributed by atoms with Crippen LogP contribution in [0, 0.1) is 6.92 Å². The molecule has 0 fully saturated rings. The molecule has 2 N–H and O–H groups in total. The monoisotopic (exact) mass is 312 g/mol. The summed E-state index contributed by atoms with van der Waals surface area (Å²) >= 11 is 0. The number of oxime groups is 1. The van der Waals surface area contributed by atoms with Gasteiger partial charge in [0.05, 0.1) is 11.7 Å². The molecule has 0 aliphatic carbocycles. The van der Waals surface area contributed by atoms with Gasteiger partial charge >= 0.3 is 5.97 Å². The predicted molar refractivity (Wildman–Crippen MR) is 89.5 cm³/mol. The van der Waals surface area contributed by atoms with E-state index in [1.165, 1.54) is 0 Å². The summed E-state index contributed by atoms with van der Waals surface area (Å²) < 4.78 is 5.54. The van der Waals surface area contributed by atoms with E-state index in [0.29, 0.717) is 16.9 Å². The Labute approximate surface area is 135 Å². The molecule has 0 radical (unpaired) electrons. The number of nitrogens with two attached hydrogens (primary N) is 1. The molecule has 0 atom stereocenters. The number of hydrogen-bond acceptors (Lipinski definition) is 4. The Hall–Kier alpha value is -2.82. The van der Waals surface area contributed by atoms with Crippen molar-refractivity contribution in [2.75, 3.05) is 0 Å². The Bertz CT molecular complexity index is 706. The standard InChI is InChI=1S/C18H20N2O3/c1-12(2)22-16-6-4-5-15(11-16)18(21)23-20-17(19)14-9-7-13(3)8-10-14/h4-12H,1-3H3,(H2,19,20). The molecule has 0 heterocycles. The zero-order chi connectivity index (χ0) is 16.8. The topological polar surface area (TPSA) is 73.9 Å². The summed E-state index contributed by atoms with van der Waals surface area (Å²) in [7, 11) is 0. The van der Waals surface area contributed by atoms with Gasteiger partial charge in [-0.25, -0.2) is 4.79 Å². The van der Waals surface area contributed by atoms with Crippen molar-refractivity contribution in [1.82, 2.24) is 0 Å². The summed E-state index contributed by atoms with van der Waals surface area (Å²) in [6.45, 7) is 5.80. The number of ether oxygens (including phenoxy) is 1. The summed E-state index contributed by atoms with van der Waals surface area (Å²) in [5.74, 6) is 0.159. The van der Waals surface area contributed by atoms with Crippen LogP contribution in [0.25, 0.3) is 0 Å². The maximum Gasteiger partial charge on any atom is 0.365 e. The van der Waals surface area contributed by atoms with Gasteiger partial charge in [-0.05, 0) is 39.0 Å². The molecule has 0 aliphatic heterocycles. The molecule has 120 valence electrons. The molecule has 2 aromatic carbocycles. The average molecular weight is 312 g/mol. The van der Waals surface area contributed by atoms with Crippen molar-refractivity contribution < 1.29 is 14.4 Å². The van der Waals surface area contributed by atoms with E-state index >= 15 is 0 Å². The second-order valence-electron chi connectivity index (χ2n) is 5.42. The van der Waals surface area contributed by atoms with E-state index in [4.69, 9.17) is 15.3 Å². The van der Waals surface area contributed by atoms with Crippen LogP contribution >= 0.6 is 0 Å². The predicted octanol–water partition coefficient (Wildman–Crippen LogP) is 3.26. The van der Waals surface area contributed by atoms with E-state index < -0.39 is 5.97 Å². The van der Waals surface area contributed by atoms with Gasteiger partial charge in [0.1, 0.15) is 5.75 Å². The van der Waals surface area contributed by atoms with Crippen molar-refractivity contribution in [2.24, 2.45) is 10.9 Å². The maximum atomic E-state index is 12.0. The third kappa shape index (κ3) is 4.85. The van der Waals surface area contributed by atoms with Crippen LogP contribution in [0.1, 0.15) is 35.3 Å². The molecule has 0 amide bonds. The largest absolute Gasteiger partial charge is 0.491 e. The number of nitrogens with zero attached hydrogens (tertiary/aromatic N) is 1. The second-order valence-corrected chi connectivity index (χ2v) is 5.42. The van der Waals surface area contributed by atoms with Crippen molar-refractivity contribution in [3.05, 3.63) is 65.2 Å². The number of aryl methyl sites for hydroxylation is 1. The van der Waals surface area contributed by atoms with Crippen LogP contribution in [0.3, 0.4) is 0 Å². The molecule has 5 nitrogen and oxygen atoms in total. The summed E-state index contributed by atoms with van der Waals surface area (Å²) in [4.78, 5) is 16.9. The first-order valence-corrected chi connectivity index (χ1v) is 7.34. The fraction of sp³-hybridized carbons (Fsp3) is 0.222. The van der Waals surface area contributed by atoms with Crippen LogP contribution in [0.15, 0.2) is 53.7 Å². The minimum atomic E-state index is -0.589. The fourth-order valence-corrected chi connectivity index (χ4v) is 1.89. The van der Waals surface area contributed by atoms with Crippen LogP contribution in [0.5, 0.6) is 5.75 Å². The van der Waals surface area contributed by atoms with Gasteiger partial charge < -0.3 is 15.3 Å². The molecule has 2 aromatic rings. The smallest absolute Gasteiger partial charge is 0.365 e. The van der Waals surface area contributed by atoms with E-state index in [0.717, 1.165) is 5.56 Å². The van der Waals surface area contributed by atoms with Crippen LogP contribution in [0.2, 0.25) is 0 Å². The Morgan fingerprint density at radius 3 is 2.43 bits per heavy atom. The molecule has 0 aliphatic rings. The lowest BCUT2D eigenvalue weighted by Crippen LogP contribution is -2.15. The Kier molecular flexibility index (Phi) is 5.36. The van der Waals surface area contributed by atoms with E-state index in [2.05, 4.69) is 5.16 Å². The third-order valence-electron chi connectivity index (χ3n) is 3.02. The molecule has 0 spiro atoms. The van der Waals surface area contributed by atoms with Crippen LogP contribution in [-0.4, -0.2) is 17.9 Å². The van der Waals surface area contributed by atoms with Crippen molar-refractivity contribution >= 4 is 11.8 Å². The molecular weight excluding hydrogens is 292 g/mol. The van der Waals surface area contributed by atoms with Gasteiger partial charge in [-0.15, -0.1) is 0 Å². The van der Waals surface area contributed by atoms with E-state index in [1.54, 1.807) is 24.3 Å². The Morgan fingerprint density at radius 2 is 1.78 bits per heavy atom. The highest BCUT2D eigenvalue weighted by Gasteiger charge is 2.10. The third-order valence-corrected chi connectivity index (χ3v) is 3.02. The van der Waals surface area contributed by atoms with Crippen LogP contribution < -0.4 is 10.5 Å². The summed E-state index contributed by atoms with van der Waals surface area (Å²) in [5, 5.41) is 3.70. The van der Waals surface area contributed by atoms with Gasteiger partial charge in [-0.1, -0.05) is 41.1 Å². The van der Waals surface area contributed by atoms with Crippen LogP contribution in [0.4, 0.5) is 0 Å². The van der Waals surface area contributed by atoms with Crippen molar-refractivity contribution in [2.45, 2.75) is 26.9 Å². The van der Waals surface area contributed by atoms with Gasteiger partial charge in [-0.2, -0.15) is 0 Å². The Morgan fingerprint density at radius 1 is 1.09 bits per heavy atom. The fourth-order valence-electron chi connectivity index (χ4n) is 1.89. The lowest BCUT2D eigenvalue weighted by atomic mass is 10.1. The average Bonchev–Trinajstić information content (AvgIpc) is 2.52. The molecule has 2 rings (SSSR count). The molecule has 0 unspecified atom stereocenters. The molecule has 0 saturated carbocycles. The number of carbonyl (C=O) groups is 1. The number of benzene rings is 2. The van der Waals surface area contributed by atoms with Gasteiger partial charge in [0, 0.05) is 5.56 Å². The minimum Gasteiger partial charge on any atom is -0.491 e. The molecule has 0 bridgehead atoms. The molecular formula is C18H20N2O3. The van der Waals surface area contributed by atoms with Gasteiger partial charge in [-0.3, -0.25) is 0 Å². The highest BCUT2D eigenvalue weighted by Crippen LogP contribution is 2.16. The minimum absolute atomic E-state index is 0.0245. The van der Waals surface area contributed by atoms with Crippen molar-refractivity contribution in [3.8, 4) is 5.75 Å². The van der Waals surface area contributed by atoms with Crippen molar-refractivity contribution in [1.29, 1.82) is 0 Å². The zero-order valence-corrected chi connectivity index (χ0v) is 13.4. The van der Waals surface area contributed by atoms with E-state index in [9.17, 15) is 4.79 Å². The lowest BCUT2D eigenvalue weighted by Gasteiger charge is -2.10. The van der Waals surface area contributed by atoms with Gasteiger partial charge in [0.2, 0.25) is 0 Å². The van der Waals surface area contributed by atoms with Crippen molar-refractivity contribution in [3.63, 3.8) is 0 Å².